The average molecular weight is 319 g/mol. The van der Waals surface area contributed by atoms with E-state index >= 15 is 0 Å². The Bertz CT molecular complexity index is 574. The zero-order valence-electron chi connectivity index (χ0n) is 13.9. The second-order valence-electron chi connectivity index (χ2n) is 5.86. The third kappa shape index (κ3) is 4.61. The molecule has 3 amide bonds. The molecule has 1 aliphatic heterocycles. The molecular formula is C17H25N3O3. The van der Waals surface area contributed by atoms with Crippen molar-refractivity contribution in [2.24, 2.45) is 5.73 Å². The summed E-state index contributed by atoms with van der Waals surface area (Å²) in [6.07, 6.45) is 1.09. The summed E-state index contributed by atoms with van der Waals surface area (Å²) in [5.74, 6) is 0.884. The van der Waals surface area contributed by atoms with Gasteiger partial charge in [-0.15, -0.1) is 0 Å². The molecule has 126 valence electrons. The van der Waals surface area contributed by atoms with Crippen molar-refractivity contribution < 1.29 is 14.3 Å². The van der Waals surface area contributed by atoms with Gasteiger partial charge in [0.15, 0.2) is 0 Å². The van der Waals surface area contributed by atoms with E-state index in [1.165, 1.54) is 5.56 Å². The maximum Gasteiger partial charge on any atom is 0.314 e. The van der Waals surface area contributed by atoms with Crippen LogP contribution in [-0.2, 0) is 4.79 Å². The molecule has 0 bridgehead atoms. The number of ether oxygens (including phenoxy) is 1. The van der Waals surface area contributed by atoms with Crippen LogP contribution in [0.4, 0.5) is 4.79 Å². The highest BCUT2D eigenvalue weighted by Gasteiger charge is 2.20. The smallest absolute Gasteiger partial charge is 0.314 e. The topological polar surface area (TPSA) is 75.9 Å². The van der Waals surface area contributed by atoms with Crippen LogP contribution in [0.15, 0.2) is 18.2 Å². The standard InChI is InChI=1S/C17H25N3O3/c1-13-5-3-6-15(14(13)2)23-12-7-16(21)19-8-4-9-20(11-10-19)17(18)22/h3,5-6H,4,7-12H2,1-2H3,(H2,18,22). The molecule has 0 spiro atoms. The monoisotopic (exact) mass is 319 g/mol. The first-order chi connectivity index (χ1) is 11.0. The number of nitrogens with zero attached hydrogens (tertiary/aromatic N) is 2. The molecule has 0 radical (unpaired) electrons. The molecule has 1 saturated heterocycles. The van der Waals surface area contributed by atoms with Crippen LogP contribution in [0.5, 0.6) is 5.75 Å². The molecule has 1 fully saturated rings. The van der Waals surface area contributed by atoms with Crippen LogP contribution in [0.3, 0.4) is 0 Å². The first-order valence-electron chi connectivity index (χ1n) is 8.00. The summed E-state index contributed by atoms with van der Waals surface area (Å²) < 4.78 is 5.74. The fourth-order valence-electron chi connectivity index (χ4n) is 2.67. The molecule has 6 nitrogen and oxygen atoms in total. The Hall–Kier alpha value is -2.24. The molecule has 0 aromatic heterocycles. The van der Waals surface area contributed by atoms with E-state index in [1.54, 1.807) is 9.80 Å². The van der Waals surface area contributed by atoms with Crippen molar-refractivity contribution in [1.29, 1.82) is 0 Å². The Labute approximate surface area is 137 Å². The molecule has 1 heterocycles. The van der Waals surface area contributed by atoms with Crippen LogP contribution in [0.2, 0.25) is 0 Å². The largest absolute Gasteiger partial charge is 0.493 e. The van der Waals surface area contributed by atoms with Crippen molar-refractivity contribution in [3.63, 3.8) is 0 Å². The molecule has 2 rings (SSSR count). The van der Waals surface area contributed by atoms with E-state index in [9.17, 15) is 9.59 Å². The van der Waals surface area contributed by atoms with Gasteiger partial charge in [-0.2, -0.15) is 0 Å². The second-order valence-corrected chi connectivity index (χ2v) is 5.86. The number of aryl methyl sites for hydroxylation is 1. The predicted octanol–water partition coefficient (Wildman–Crippen LogP) is 1.69. The molecule has 0 saturated carbocycles. The molecule has 0 unspecified atom stereocenters. The number of primary amides is 1. The van der Waals surface area contributed by atoms with E-state index in [1.807, 2.05) is 32.0 Å². The summed E-state index contributed by atoms with van der Waals surface area (Å²) in [4.78, 5) is 26.8. The zero-order chi connectivity index (χ0) is 16.8. The summed E-state index contributed by atoms with van der Waals surface area (Å²) in [5, 5.41) is 0. The van der Waals surface area contributed by atoms with E-state index in [0.29, 0.717) is 39.2 Å². The lowest BCUT2D eigenvalue weighted by atomic mass is 10.1. The number of carbonyl (C=O) groups is 2. The number of urea groups is 1. The SMILES string of the molecule is Cc1cccc(OCCC(=O)N2CCCN(C(N)=O)CC2)c1C. The summed E-state index contributed by atoms with van der Waals surface area (Å²) in [7, 11) is 0. The number of amides is 3. The highest BCUT2D eigenvalue weighted by atomic mass is 16.5. The lowest BCUT2D eigenvalue weighted by Crippen LogP contribution is -2.40. The van der Waals surface area contributed by atoms with Gasteiger partial charge >= 0.3 is 6.03 Å². The number of nitrogens with two attached hydrogens (primary N) is 1. The average Bonchev–Trinajstić information content (AvgIpc) is 2.77. The van der Waals surface area contributed by atoms with Gasteiger partial charge in [0.1, 0.15) is 5.75 Å². The van der Waals surface area contributed by atoms with E-state index in [2.05, 4.69) is 0 Å². The summed E-state index contributed by atoms with van der Waals surface area (Å²) in [6, 6.07) is 5.49. The van der Waals surface area contributed by atoms with Gasteiger partial charge < -0.3 is 20.3 Å². The zero-order valence-corrected chi connectivity index (χ0v) is 13.9. The Kier molecular flexibility index (Phi) is 5.84. The lowest BCUT2D eigenvalue weighted by Gasteiger charge is -2.21. The van der Waals surface area contributed by atoms with Gasteiger partial charge in [-0.05, 0) is 37.5 Å². The van der Waals surface area contributed by atoms with Crippen molar-refractivity contribution in [2.75, 3.05) is 32.8 Å². The van der Waals surface area contributed by atoms with E-state index in [0.717, 1.165) is 17.7 Å². The van der Waals surface area contributed by atoms with Crippen LogP contribution in [0.1, 0.15) is 24.0 Å². The lowest BCUT2D eigenvalue weighted by molar-refractivity contribution is -0.131. The van der Waals surface area contributed by atoms with Gasteiger partial charge in [0.05, 0.1) is 13.0 Å². The molecule has 23 heavy (non-hydrogen) atoms. The summed E-state index contributed by atoms with van der Waals surface area (Å²) >= 11 is 0. The van der Waals surface area contributed by atoms with E-state index in [-0.39, 0.29) is 5.91 Å². The number of hydrogen-bond donors (Lipinski definition) is 1. The summed E-state index contributed by atoms with van der Waals surface area (Å²) in [6.45, 7) is 6.71. The third-order valence-electron chi connectivity index (χ3n) is 4.29. The Morgan fingerprint density at radius 3 is 2.57 bits per heavy atom. The van der Waals surface area contributed by atoms with Crippen molar-refractivity contribution in [3.8, 4) is 5.75 Å². The third-order valence-corrected chi connectivity index (χ3v) is 4.29. The quantitative estimate of drug-likeness (QED) is 0.917. The molecular weight excluding hydrogens is 294 g/mol. The van der Waals surface area contributed by atoms with Gasteiger partial charge in [0.2, 0.25) is 5.91 Å². The molecule has 1 aromatic rings. The molecule has 1 aliphatic rings. The fourth-order valence-corrected chi connectivity index (χ4v) is 2.67. The summed E-state index contributed by atoms with van der Waals surface area (Å²) in [5.41, 5.74) is 7.57. The van der Waals surface area contributed by atoms with Gasteiger partial charge in [-0.3, -0.25) is 4.79 Å². The molecule has 2 N–H and O–H groups in total. The van der Waals surface area contributed by atoms with Gasteiger partial charge in [-0.1, -0.05) is 12.1 Å². The molecule has 6 heteroatoms. The normalized spacial score (nSPS) is 15.2. The second kappa shape index (κ2) is 7.85. The van der Waals surface area contributed by atoms with Gasteiger partial charge in [0.25, 0.3) is 0 Å². The van der Waals surface area contributed by atoms with Crippen LogP contribution in [0.25, 0.3) is 0 Å². The van der Waals surface area contributed by atoms with E-state index < -0.39 is 6.03 Å². The number of benzene rings is 1. The van der Waals surface area contributed by atoms with Gasteiger partial charge in [0, 0.05) is 26.2 Å². The van der Waals surface area contributed by atoms with Gasteiger partial charge in [-0.25, -0.2) is 4.79 Å². The minimum absolute atomic E-state index is 0.0571. The highest BCUT2D eigenvalue weighted by Crippen LogP contribution is 2.20. The Morgan fingerprint density at radius 1 is 1.13 bits per heavy atom. The van der Waals surface area contributed by atoms with Crippen molar-refractivity contribution in [3.05, 3.63) is 29.3 Å². The minimum atomic E-state index is -0.419. The van der Waals surface area contributed by atoms with Crippen molar-refractivity contribution in [1.82, 2.24) is 9.80 Å². The predicted molar refractivity (Wildman–Crippen MR) is 88.4 cm³/mol. The number of hydrogen-bond acceptors (Lipinski definition) is 3. The van der Waals surface area contributed by atoms with Crippen LogP contribution in [0, 0.1) is 13.8 Å². The molecule has 0 atom stereocenters. The number of rotatable bonds is 4. The van der Waals surface area contributed by atoms with E-state index in [4.69, 9.17) is 10.5 Å². The molecule has 1 aromatic carbocycles. The van der Waals surface area contributed by atoms with Crippen molar-refractivity contribution >= 4 is 11.9 Å². The number of carbonyl (C=O) groups excluding carboxylic acids is 2. The maximum absolute atomic E-state index is 12.3. The molecule has 0 aliphatic carbocycles. The van der Waals surface area contributed by atoms with Crippen LogP contribution >= 0.6 is 0 Å². The van der Waals surface area contributed by atoms with Crippen molar-refractivity contribution in [2.45, 2.75) is 26.7 Å². The van der Waals surface area contributed by atoms with Crippen LogP contribution < -0.4 is 10.5 Å². The first kappa shape index (κ1) is 17.1. The first-order valence-corrected chi connectivity index (χ1v) is 8.00. The Balaban J connectivity index is 1.80. The maximum atomic E-state index is 12.3. The highest BCUT2D eigenvalue weighted by molar-refractivity contribution is 5.76. The fraction of sp³-hybridized carbons (Fsp3) is 0.529. The minimum Gasteiger partial charge on any atom is -0.493 e. The Morgan fingerprint density at radius 2 is 1.83 bits per heavy atom. The van der Waals surface area contributed by atoms with Crippen LogP contribution in [-0.4, -0.2) is 54.5 Å².